The first-order valence-corrected chi connectivity index (χ1v) is 14.6. The maximum absolute atomic E-state index is 14.1. The second-order valence-electron chi connectivity index (χ2n) is 10.4. The van der Waals surface area contributed by atoms with Crippen molar-refractivity contribution in [1.82, 2.24) is 10.2 Å². The minimum Gasteiger partial charge on any atom is -0.350 e. The number of sulfonamides is 1. The zero-order chi connectivity index (χ0) is 28.8. The Labute approximate surface area is 236 Å². The van der Waals surface area contributed by atoms with Gasteiger partial charge in [-0.2, -0.15) is 0 Å². The van der Waals surface area contributed by atoms with Crippen LogP contribution >= 0.6 is 11.6 Å². The van der Waals surface area contributed by atoms with Crippen molar-refractivity contribution in [3.05, 3.63) is 95.0 Å². The number of rotatable bonds is 10. The van der Waals surface area contributed by atoms with Crippen molar-refractivity contribution in [2.45, 2.75) is 64.1 Å². The number of benzene rings is 3. The van der Waals surface area contributed by atoms with Crippen LogP contribution in [0.4, 0.5) is 5.69 Å². The average Bonchev–Trinajstić information content (AvgIpc) is 2.88. The van der Waals surface area contributed by atoms with Crippen LogP contribution in [0.1, 0.15) is 45.2 Å². The second kappa shape index (κ2) is 12.7. The Kier molecular flexibility index (Phi) is 9.80. The van der Waals surface area contributed by atoms with E-state index in [0.717, 1.165) is 4.31 Å². The van der Waals surface area contributed by atoms with Crippen LogP contribution in [-0.4, -0.2) is 43.3 Å². The van der Waals surface area contributed by atoms with E-state index in [1.54, 1.807) is 67.6 Å². The molecule has 0 unspecified atom stereocenters. The Morgan fingerprint density at radius 2 is 1.51 bits per heavy atom. The first-order valence-electron chi connectivity index (χ1n) is 12.8. The quantitative estimate of drug-likeness (QED) is 0.346. The maximum Gasteiger partial charge on any atom is 0.264 e. The lowest BCUT2D eigenvalue weighted by molar-refractivity contribution is -0.141. The SMILES string of the molecule is CC[C@H](C(=O)NC(C)(C)C)N(Cc1ccccc1Cl)C(=O)CN(c1ccccc1C)S(=O)(=O)c1ccccc1. The summed E-state index contributed by atoms with van der Waals surface area (Å²) < 4.78 is 28.9. The lowest BCUT2D eigenvalue weighted by Crippen LogP contribution is -2.55. The molecule has 1 N–H and O–H groups in total. The summed E-state index contributed by atoms with van der Waals surface area (Å²) in [6.07, 6.45) is 0.327. The van der Waals surface area contributed by atoms with E-state index in [9.17, 15) is 18.0 Å². The molecular weight excluding hydrogens is 534 g/mol. The van der Waals surface area contributed by atoms with Crippen LogP contribution in [-0.2, 0) is 26.2 Å². The predicted octanol–water partition coefficient (Wildman–Crippen LogP) is 5.57. The monoisotopic (exact) mass is 569 g/mol. The van der Waals surface area contributed by atoms with E-state index in [1.165, 1.54) is 17.0 Å². The second-order valence-corrected chi connectivity index (χ2v) is 12.7. The molecule has 2 amide bonds. The molecule has 0 aliphatic carbocycles. The molecule has 0 radical (unpaired) electrons. The molecule has 39 heavy (non-hydrogen) atoms. The van der Waals surface area contributed by atoms with Gasteiger partial charge in [-0.3, -0.25) is 13.9 Å². The molecule has 1 atom stereocenters. The van der Waals surface area contributed by atoms with Crippen LogP contribution in [0, 0.1) is 6.92 Å². The third-order valence-corrected chi connectivity index (χ3v) is 8.32. The van der Waals surface area contributed by atoms with Crippen molar-refractivity contribution in [1.29, 1.82) is 0 Å². The van der Waals surface area contributed by atoms with Gasteiger partial charge in [0.25, 0.3) is 10.0 Å². The predicted molar refractivity (Wildman–Crippen MR) is 156 cm³/mol. The number of anilines is 1. The van der Waals surface area contributed by atoms with Crippen LogP contribution in [0.2, 0.25) is 5.02 Å². The summed E-state index contributed by atoms with van der Waals surface area (Å²) in [5.41, 5.74) is 1.22. The molecule has 0 saturated heterocycles. The van der Waals surface area contributed by atoms with Crippen LogP contribution in [0.25, 0.3) is 0 Å². The summed E-state index contributed by atoms with van der Waals surface area (Å²) in [6, 6.07) is 21.3. The van der Waals surface area contributed by atoms with Gasteiger partial charge in [0.15, 0.2) is 0 Å². The summed E-state index contributed by atoms with van der Waals surface area (Å²) in [5.74, 6) is -0.840. The molecule has 9 heteroatoms. The number of carbonyl (C=O) groups is 2. The molecule has 3 aromatic carbocycles. The third kappa shape index (κ3) is 7.61. The van der Waals surface area contributed by atoms with Gasteiger partial charge in [0.05, 0.1) is 10.6 Å². The Morgan fingerprint density at radius 1 is 0.923 bits per heavy atom. The minimum atomic E-state index is -4.11. The lowest BCUT2D eigenvalue weighted by Gasteiger charge is -2.35. The Morgan fingerprint density at radius 3 is 2.10 bits per heavy atom. The van der Waals surface area contributed by atoms with Crippen LogP contribution in [0.15, 0.2) is 83.8 Å². The van der Waals surface area contributed by atoms with Crippen LogP contribution in [0.5, 0.6) is 0 Å². The summed E-state index contributed by atoms with van der Waals surface area (Å²) >= 11 is 6.44. The van der Waals surface area contributed by atoms with Gasteiger partial charge in [0.1, 0.15) is 12.6 Å². The highest BCUT2D eigenvalue weighted by atomic mass is 35.5. The number of para-hydroxylation sites is 1. The summed E-state index contributed by atoms with van der Waals surface area (Å²) in [6.45, 7) is 8.76. The molecule has 0 aromatic heterocycles. The normalized spacial score (nSPS) is 12.5. The molecule has 208 valence electrons. The van der Waals surface area contributed by atoms with E-state index in [-0.39, 0.29) is 17.3 Å². The fourth-order valence-corrected chi connectivity index (χ4v) is 5.95. The third-order valence-electron chi connectivity index (χ3n) is 6.18. The van der Waals surface area contributed by atoms with Gasteiger partial charge >= 0.3 is 0 Å². The number of nitrogens with zero attached hydrogens (tertiary/aromatic N) is 2. The van der Waals surface area contributed by atoms with Crippen molar-refractivity contribution < 1.29 is 18.0 Å². The lowest BCUT2D eigenvalue weighted by atomic mass is 10.1. The Balaban J connectivity index is 2.09. The van der Waals surface area contributed by atoms with E-state index in [4.69, 9.17) is 11.6 Å². The minimum absolute atomic E-state index is 0.0432. The van der Waals surface area contributed by atoms with Gasteiger partial charge in [-0.1, -0.05) is 73.1 Å². The first-order chi connectivity index (χ1) is 18.3. The maximum atomic E-state index is 14.1. The van der Waals surface area contributed by atoms with E-state index >= 15 is 0 Å². The van der Waals surface area contributed by atoms with Crippen molar-refractivity contribution in [3.8, 4) is 0 Å². The van der Waals surface area contributed by atoms with E-state index in [0.29, 0.717) is 28.3 Å². The van der Waals surface area contributed by atoms with Crippen molar-refractivity contribution in [3.63, 3.8) is 0 Å². The standard InChI is InChI=1S/C30H36ClN3O4S/c1-6-26(29(36)32-30(3,4)5)33(20-23-15-11-12-18-25(23)31)28(35)21-34(27-19-13-10-14-22(27)2)39(37,38)24-16-8-7-9-17-24/h7-19,26H,6,20-21H2,1-5H3,(H,32,36)/t26-/m1/s1. The molecule has 0 aliphatic heterocycles. The number of amides is 2. The molecule has 3 rings (SSSR count). The van der Waals surface area contributed by atoms with Gasteiger partial charge in [-0.25, -0.2) is 8.42 Å². The number of nitrogens with one attached hydrogen (secondary N) is 1. The Hall–Kier alpha value is -3.36. The van der Waals surface area contributed by atoms with Gasteiger partial charge in [-0.15, -0.1) is 0 Å². The van der Waals surface area contributed by atoms with Crippen molar-refractivity contribution >= 4 is 39.1 Å². The van der Waals surface area contributed by atoms with Crippen LogP contribution in [0.3, 0.4) is 0 Å². The molecule has 3 aromatic rings. The number of hydrogen-bond acceptors (Lipinski definition) is 4. The summed E-state index contributed by atoms with van der Waals surface area (Å²) in [4.78, 5) is 29.0. The largest absolute Gasteiger partial charge is 0.350 e. The number of carbonyl (C=O) groups excluding carboxylic acids is 2. The van der Waals surface area contributed by atoms with Gasteiger partial charge < -0.3 is 10.2 Å². The molecular formula is C30H36ClN3O4S. The highest BCUT2D eigenvalue weighted by molar-refractivity contribution is 7.92. The van der Waals surface area contributed by atoms with Gasteiger partial charge in [0.2, 0.25) is 11.8 Å². The number of aryl methyl sites for hydroxylation is 1. The number of halogens is 1. The zero-order valence-electron chi connectivity index (χ0n) is 23.0. The topological polar surface area (TPSA) is 86.8 Å². The summed E-state index contributed by atoms with van der Waals surface area (Å²) in [5, 5.41) is 3.41. The van der Waals surface area contributed by atoms with Crippen LogP contribution < -0.4 is 9.62 Å². The zero-order valence-corrected chi connectivity index (χ0v) is 24.6. The first kappa shape index (κ1) is 30.2. The Bertz CT molecular complexity index is 1400. The highest BCUT2D eigenvalue weighted by Crippen LogP contribution is 2.28. The molecule has 0 fully saturated rings. The summed E-state index contributed by atoms with van der Waals surface area (Å²) in [7, 11) is -4.11. The van der Waals surface area contributed by atoms with Crippen molar-refractivity contribution in [2.24, 2.45) is 0 Å². The van der Waals surface area contributed by atoms with Gasteiger partial charge in [-0.05, 0) is 69.5 Å². The molecule has 0 saturated carbocycles. The van der Waals surface area contributed by atoms with E-state index < -0.39 is 34.1 Å². The van der Waals surface area contributed by atoms with Gasteiger partial charge in [0, 0.05) is 17.1 Å². The fraction of sp³-hybridized carbons (Fsp3) is 0.333. The molecule has 0 bridgehead atoms. The number of hydrogen-bond donors (Lipinski definition) is 1. The smallest absolute Gasteiger partial charge is 0.264 e. The van der Waals surface area contributed by atoms with Crippen molar-refractivity contribution in [2.75, 3.05) is 10.8 Å². The van der Waals surface area contributed by atoms with E-state index in [2.05, 4.69) is 5.32 Å². The molecule has 7 nitrogen and oxygen atoms in total. The average molecular weight is 570 g/mol. The molecule has 0 spiro atoms. The molecule has 0 aliphatic rings. The fourth-order valence-electron chi connectivity index (χ4n) is 4.26. The highest BCUT2D eigenvalue weighted by Gasteiger charge is 2.35. The van der Waals surface area contributed by atoms with E-state index in [1.807, 2.05) is 33.8 Å². The molecule has 0 heterocycles.